The fourth-order valence-corrected chi connectivity index (χ4v) is 2.96. The predicted molar refractivity (Wildman–Crippen MR) is 83.8 cm³/mol. The largest absolute Gasteiger partial charge is 0.491 e. The highest BCUT2D eigenvalue weighted by atomic mass is 79.9. The Bertz CT molecular complexity index is 494. The van der Waals surface area contributed by atoms with Crippen LogP contribution in [0.5, 0.6) is 11.5 Å². The van der Waals surface area contributed by atoms with Crippen LogP contribution in [0.25, 0.3) is 0 Å². The number of nitrogens with one attached hydrogen (secondary N) is 1. The number of alkyl halides is 1. The van der Waals surface area contributed by atoms with E-state index in [9.17, 15) is 0 Å². The normalized spacial score (nSPS) is 21.6. The molecule has 0 aromatic heterocycles. The van der Waals surface area contributed by atoms with Crippen LogP contribution in [0.2, 0.25) is 0 Å². The first-order valence-corrected chi connectivity index (χ1v) is 7.84. The summed E-state index contributed by atoms with van der Waals surface area (Å²) in [5.74, 6) is 1.75. The van der Waals surface area contributed by atoms with E-state index in [0.29, 0.717) is 0 Å². The molecule has 1 aromatic carbocycles. The molecule has 0 amide bonds. The molecular weight excluding hydrogens is 326 g/mol. The Labute approximate surface area is 126 Å². The summed E-state index contributed by atoms with van der Waals surface area (Å²) in [5.41, 5.74) is 2.20. The number of ether oxygens (including phenoxy) is 2. The molecule has 2 rings (SSSR count). The van der Waals surface area contributed by atoms with E-state index in [1.165, 1.54) is 0 Å². The van der Waals surface area contributed by atoms with Crippen LogP contribution >= 0.6 is 27.7 Å². The van der Waals surface area contributed by atoms with E-state index in [1.54, 1.807) is 11.8 Å². The molecule has 0 saturated heterocycles. The van der Waals surface area contributed by atoms with Gasteiger partial charge in [-0.3, -0.25) is 0 Å². The van der Waals surface area contributed by atoms with Crippen LogP contribution in [0.1, 0.15) is 25.0 Å². The third-order valence-corrected chi connectivity index (χ3v) is 4.56. The Balaban J connectivity index is 2.21. The molecule has 1 unspecified atom stereocenters. The minimum absolute atomic E-state index is 0.170. The average molecular weight is 344 g/mol. The summed E-state index contributed by atoms with van der Waals surface area (Å²) in [7, 11) is 0. The molecule has 0 aliphatic carbocycles. The van der Waals surface area contributed by atoms with E-state index in [2.05, 4.69) is 21.2 Å². The lowest BCUT2D eigenvalue weighted by atomic mass is 10.1. The van der Waals surface area contributed by atoms with Gasteiger partial charge in [-0.05, 0) is 72.3 Å². The summed E-state index contributed by atoms with van der Waals surface area (Å²) in [6.07, 6.45) is 2.03. The second kappa shape index (κ2) is 5.67. The molecule has 0 radical (unpaired) electrons. The minimum Gasteiger partial charge on any atom is -0.491 e. The molecule has 1 aliphatic rings. The zero-order valence-electron chi connectivity index (χ0n) is 11.5. The molecule has 104 valence electrons. The minimum atomic E-state index is -0.607. The summed E-state index contributed by atoms with van der Waals surface area (Å²) in [5, 5.41) is 5.07. The summed E-state index contributed by atoms with van der Waals surface area (Å²) >= 11 is 5.08. The second-order valence-electron chi connectivity index (χ2n) is 4.68. The predicted octanol–water partition coefficient (Wildman–Crippen LogP) is 4.28. The van der Waals surface area contributed by atoms with Crippen molar-refractivity contribution in [3.8, 4) is 11.5 Å². The van der Waals surface area contributed by atoms with Crippen molar-refractivity contribution in [2.24, 2.45) is 0 Å². The number of halogens is 1. The molecule has 1 aromatic rings. The number of benzene rings is 1. The molecule has 3 nitrogen and oxygen atoms in total. The van der Waals surface area contributed by atoms with Crippen LogP contribution in [0.15, 0.2) is 23.7 Å². The Morgan fingerprint density at radius 2 is 1.84 bits per heavy atom. The SMILES string of the molecule is Cc1c(OC(C)C)ccc(OC2(Br)NC=CS2)c1C. The highest BCUT2D eigenvalue weighted by Gasteiger charge is 2.31. The summed E-state index contributed by atoms with van der Waals surface area (Å²) in [6, 6.07) is 3.91. The first-order chi connectivity index (χ1) is 8.91. The lowest BCUT2D eigenvalue weighted by molar-refractivity contribution is 0.234. The fraction of sp³-hybridized carbons (Fsp3) is 0.429. The van der Waals surface area contributed by atoms with Gasteiger partial charge in [-0.15, -0.1) is 0 Å². The first kappa shape index (κ1) is 14.6. The third-order valence-electron chi connectivity index (χ3n) is 2.84. The maximum atomic E-state index is 5.98. The van der Waals surface area contributed by atoms with Gasteiger partial charge in [0, 0.05) is 6.20 Å². The highest BCUT2D eigenvalue weighted by molar-refractivity contribution is 9.11. The Morgan fingerprint density at radius 3 is 2.42 bits per heavy atom. The van der Waals surface area contributed by atoms with Crippen LogP contribution in [-0.2, 0) is 0 Å². The van der Waals surface area contributed by atoms with Gasteiger partial charge in [-0.1, -0.05) is 11.8 Å². The van der Waals surface area contributed by atoms with Crippen molar-refractivity contribution in [3.63, 3.8) is 0 Å². The zero-order chi connectivity index (χ0) is 14.0. The molecule has 19 heavy (non-hydrogen) atoms. The fourth-order valence-electron chi connectivity index (χ4n) is 1.75. The molecule has 0 spiro atoms. The molecule has 1 aliphatic heterocycles. The Kier molecular flexibility index (Phi) is 4.36. The number of thioether (sulfide) groups is 1. The summed E-state index contributed by atoms with van der Waals surface area (Å²) in [6.45, 7) is 8.14. The van der Waals surface area contributed by atoms with Crippen molar-refractivity contribution < 1.29 is 9.47 Å². The second-order valence-corrected chi connectivity index (χ2v) is 7.41. The molecule has 0 fully saturated rings. The molecule has 1 heterocycles. The van der Waals surface area contributed by atoms with Crippen LogP contribution in [0, 0.1) is 13.8 Å². The third kappa shape index (κ3) is 3.39. The molecule has 5 heteroatoms. The highest BCUT2D eigenvalue weighted by Crippen LogP contribution is 2.39. The van der Waals surface area contributed by atoms with Crippen LogP contribution < -0.4 is 14.8 Å². The van der Waals surface area contributed by atoms with Gasteiger partial charge in [0.2, 0.25) is 0 Å². The lowest BCUT2D eigenvalue weighted by Gasteiger charge is -2.25. The van der Waals surface area contributed by atoms with Crippen molar-refractivity contribution in [2.45, 2.75) is 37.8 Å². The van der Waals surface area contributed by atoms with Gasteiger partial charge in [0.25, 0.3) is 3.97 Å². The van der Waals surface area contributed by atoms with Crippen LogP contribution in [0.4, 0.5) is 0 Å². The van der Waals surface area contributed by atoms with Crippen LogP contribution in [-0.4, -0.2) is 10.1 Å². The van der Waals surface area contributed by atoms with Crippen LogP contribution in [0.3, 0.4) is 0 Å². The molecule has 0 saturated carbocycles. The van der Waals surface area contributed by atoms with E-state index in [0.717, 1.165) is 22.6 Å². The first-order valence-electron chi connectivity index (χ1n) is 6.16. The smallest absolute Gasteiger partial charge is 0.290 e. The Hall–Kier alpha value is -0.810. The molecule has 1 atom stereocenters. The van der Waals surface area contributed by atoms with E-state index in [-0.39, 0.29) is 6.10 Å². The van der Waals surface area contributed by atoms with Gasteiger partial charge in [-0.2, -0.15) is 0 Å². The molecular formula is C14H18BrNO2S. The van der Waals surface area contributed by atoms with Crippen molar-refractivity contribution in [1.29, 1.82) is 0 Å². The van der Waals surface area contributed by atoms with Gasteiger partial charge >= 0.3 is 0 Å². The van der Waals surface area contributed by atoms with Gasteiger partial charge in [0.15, 0.2) is 0 Å². The lowest BCUT2D eigenvalue weighted by Crippen LogP contribution is -2.35. The maximum Gasteiger partial charge on any atom is 0.290 e. The van der Waals surface area contributed by atoms with E-state index in [1.807, 2.05) is 51.4 Å². The number of hydrogen-bond acceptors (Lipinski definition) is 4. The van der Waals surface area contributed by atoms with Crippen molar-refractivity contribution >= 4 is 27.7 Å². The van der Waals surface area contributed by atoms with Gasteiger partial charge in [0.1, 0.15) is 11.5 Å². The van der Waals surface area contributed by atoms with Gasteiger partial charge < -0.3 is 14.8 Å². The standard InChI is InChI=1S/C14H18BrNO2S/c1-9(2)17-12-5-6-13(11(4)10(12)3)18-14(15)16-7-8-19-14/h5-9,16H,1-4H3. The van der Waals surface area contributed by atoms with E-state index >= 15 is 0 Å². The topological polar surface area (TPSA) is 30.5 Å². The summed E-state index contributed by atoms with van der Waals surface area (Å²) < 4.78 is 11.2. The quantitative estimate of drug-likeness (QED) is 0.652. The molecule has 1 N–H and O–H groups in total. The van der Waals surface area contributed by atoms with Gasteiger partial charge in [-0.25, -0.2) is 0 Å². The van der Waals surface area contributed by atoms with E-state index in [4.69, 9.17) is 9.47 Å². The summed E-state index contributed by atoms with van der Waals surface area (Å²) in [4.78, 5) is 0. The number of rotatable bonds is 4. The zero-order valence-corrected chi connectivity index (χ0v) is 13.9. The monoisotopic (exact) mass is 343 g/mol. The average Bonchev–Trinajstić information content (AvgIpc) is 2.75. The molecule has 0 bridgehead atoms. The maximum absolute atomic E-state index is 5.98. The van der Waals surface area contributed by atoms with Crippen molar-refractivity contribution in [3.05, 3.63) is 34.9 Å². The van der Waals surface area contributed by atoms with Crippen molar-refractivity contribution in [2.75, 3.05) is 0 Å². The van der Waals surface area contributed by atoms with Gasteiger partial charge in [0.05, 0.1) is 6.10 Å². The van der Waals surface area contributed by atoms with E-state index < -0.39 is 3.97 Å². The number of hydrogen-bond donors (Lipinski definition) is 1. The van der Waals surface area contributed by atoms with Crippen molar-refractivity contribution in [1.82, 2.24) is 5.32 Å². The Morgan fingerprint density at radius 1 is 1.21 bits per heavy atom.